The smallest absolute Gasteiger partial charge is 0.328 e. The number of methoxy groups -OCH3 is 1. The maximum absolute atomic E-state index is 13.7. The first-order chi connectivity index (χ1) is 10.4. The number of ether oxygens (including phenoxy) is 1. The molecule has 0 saturated heterocycles. The fourth-order valence-electron chi connectivity index (χ4n) is 2.71. The molecule has 1 aromatic carbocycles. The van der Waals surface area contributed by atoms with Gasteiger partial charge in [0.05, 0.1) is 7.11 Å². The van der Waals surface area contributed by atoms with Crippen LogP contribution in [0.1, 0.15) is 38.2 Å². The molecule has 4 nitrogen and oxygen atoms in total. The number of carbonyl (C=O) groups excluding carboxylic acids is 2. The minimum absolute atomic E-state index is 0.0986. The van der Waals surface area contributed by atoms with Crippen molar-refractivity contribution in [3.63, 3.8) is 0 Å². The average molecular weight is 307 g/mol. The van der Waals surface area contributed by atoms with Crippen LogP contribution in [0.5, 0.6) is 0 Å². The summed E-state index contributed by atoms with van der Waals surface area (Å²) in [7, 11) is 1.31. The Morgan fingerprint density at radius 1 is 1.36 bits per heavy atom. The van der Waals surface area contributed by atoms with E-state index in [1.807, 2.05) is 13.8 Å². The lowest BCUT2D eigenvalue weighted by Gasteiger charge is -2.18. The lowest BCUT2D eigenvalue weighted by molar-refractivity contribution is -0.145. The fraction of sp³-hybridized carbons (Fsp3) is 0.529. The van der Waals surface area contributed by atoms with Gasteiger partial charge >= 0.3 is 5.97 Å². The van der Waals surface area contributed by atoms with Crippen LogP contribution in [0.3, 0.4) is 0 Å². The number of amides is 1. The van der Waals surface area contributed by atoms with Crippen molar-refractivity contribution in [3.05, 3.63) is 35.6 Å². The van der Waals surface area contributed by atoms with Gasteiger partial charge in [-0.2, -0.15) is 0 Å². The van der Waals surface area contributed by atoms with E-state index in [9.17, 15) is 14.0 Å². The first-order valence-electron chi connectivity index (χ1n) is 7.56. The van der Waals surface area contributed by atoms with Gasteiger partial charge in [-0.3, -0.25) is 4.79 Å². The molecule has 1 N–H and O–H groups in total. The van der Waals surface area contributed by atoms with Crippen molar-refractivity contribution >= 4 is 11.9 Å². The zero-order valence-corrected chi connectivity index (χ0v) is 13.1. The van der Waals surface area contributed by atoms with Crippen molar-refractivity contribution in [1.29, 1.82) is 0 Å². The second kappa shape index (κ2) is 6.90. The molecule has 0 heterocycles. The van der Waals surface area contributed by atoms with Gasteiger partial charge in [-0.1, -0.05) is 32.0 Å². The Kier molecular flexibility index (Phi) is 5.16. The van der Waals surface area contributed by atoms with Crippen LogP contribution < -0.4 is 5.32 Å². The molecule has 1 aromatic rings. The highest BCUT2D eigenvalue weighted by Gasteiger charge is 2.46. The Bertz CT molecular complexity index is 559. The third kappa shape index (κ3) is 3.84. The normalized spacial score (nSPS) is 21.3. The number of nitrogens with one attached hydrogen (secondary N) is 1. The number of rotatable bonds is 6. The Morgan fingerprint density at radius 2 is 2.05 bits per heavy atom. The monoisotopic (exact) mass is 307 g/mol. The predicted octanol–water partition coefficient (Wildman–Crippen LogP) is 2.63. The number of carbonyl (C=O) groups is 2. The van der Waals surface area contributed by atoms with Crippen molar-refractivity contribution in [2.75, 3.05) is 7.11 Å². The topological polar surface area (TPSA) is 55.4 Å². The fourth-order valence-corrected chi connectivity index (χ4v) is 2.71. The van der Waals surface area contributed by atoms with Crippen LogP contribution in [0.2, 0.25) is 0 Å². The van der Waals surface area contributed by atoms with Gasteiger partial charge in [0.1, 0.15) is 11.9 Å². The summed E-state index contributed by atoms with van der Waals surface area (Å²) in [5, 5.41) is 2.74. The lowest BCUT2D eigenvalue weighted by atomic mass is 10.0. The van der Waals surface area contributed by atoms with Crippen LogP contribution >= 0.6 is 0 Å². The molecule has 3 atom stereocenters. The lowest BCUT2D eigenvalue weighted by Crippen LogP contribution is -2.43. The van der Waals surface area contributed by atoms with Crippen LogP contribution in [-0.2, 0) is 14.3 Å². The van der Waals surface area contributed by atoms with Gasteiger partial charge in [-0.25, -0.2) is 9.18 Å². The molecule has 0 aromatic heterocycles. The van der Waals surface area contributed by atoms with Crippen molar-refractivity contribution < 1.29 is 18.7 Å². The van der Waals surface area contributed by atoms with Crippen molar-refractivity contribution in [2.24, 2.45) is 11.8 Å². The molecule has 0 bridgehead atoms. The molecular formula is C17H22FNO3. The van der Waals surface area contributed by atoms with Gasteiger partial charge in [-0.15, -0.1) is 0 Å². The number of benzene rings is 1. The summed E-state index contributed by atoms with van der Waals surface area (Å²) < 4.78 is 18.5. The third-order valence-electron chi connectivity index (χ3n) is 3.94. The van der Waals surface area contributed by atoms with Crippen molar-refractivity contribution in [1.82, 2.24) is 5.32 Å². The standard InChI is InChI=1S/C17H22FNO3/c1-10(2)8-15(17(21)22-3)19-16(20)13-9-12(13)11-6-4-5-7-14(11)18/h4-7,10,12-13,15H,8-9H2,1-3H3,(H,19,20). The molecule has 0 radical (unpaired) electrons. The summed E-state index contributed by atoms with van der Waals surface area (Å²) in [6.07, 6.45) is 1.14. The quantitative estimate of drug-likeness (QED) is 0.822. The van der Waals surface area contributed by atoms with Crippen molar-refractivity contribution in [2.45, 2.75) is 38.6 Å². The number of halogens is 1. The SMILES string of the molecule is COC(=O)C(CC(C)C)NC(=O)C1CC1c1ccccc1F. The van der Waals surface area contributed by atoms with Gasteiger partial charge in [0.2, 0.25) is 5.91 Å². The molecule has 1 fully saturated rings. The average Bonchev–Trinajstić information content (AvgIpc) is 3.26. The molecule has 120 valence electrons. The second-order valence-corrected chi connectivity index (χ2v) is 6.18. The molecule has 2 rings (SSSR count). The van der Waals surface area contributed by atoms with Crippen LogP contribution in [-0.4, -0.2) is 25.0 Å². The summed E-state index contributed by atoms with van der Waals surface area (Å²) in [6, 6.07) is 5.87. The highest BCUT2D eigenvalue weighted by atomic mass is 19.1. The van der Waals surface area contributed by atoms with E-state index >= 15 is 0 Å². The molecular weight excluding hydrogens is 285 g/mol. The Morgan fingerprint density at radius 3 is 2.64 bits per heavy atom. The molecule has 0 spiro atoms. The molecule has 3 unspecified atom stereocenters. The second-order valence-electron chi connectivity index (χ2n) is 6.18. The first kappa shape index (κ1) is 16.5. The maximum atomic E-state index is 13.7. The maximum Gasteiger partial charge on any atom is 0.328 e. The van der Waals surface area contributed by atoms with E-state index in [1.54, 1.807) is 18.2 Å². The van der Waals surface area contributed by atoms with Gasteiger partial charge in [-0.05, 0) is 36.3 Å². The van der Waals surface area contributed by atoms with Crippen LogP contribution in [0.25, 0.3) is 0 Å². The van der Waals surface area contributed by atoms with E-state index in [1.165, 1.54) is 13.2 Å². The number of esters is 1. The third-order valence-corrected chi connectivity index (χ3v) is 3.94. The first-order valence-corrected chi connectivity index (χ1v) is 7.56. The molecule has 1 aliphatic rings. The molecule has 1 amide bonds. The zero-order chi connectivity index (χ0) is 16.3. The van der Waals surface area contributed by atoms with Crippen molar-refractivity contribution in [3.8, 4) is 0 Å². The Labute approximate surface area is 130 Å². The van der Waals surface area contributed by atoms with E-state index in [2.05, 4.69) is 5.32 Å². The summed E-state index contributed by atoms with van der Waals surface area (Å²) in [5.74, 6) is -1.04. The van der Waals surface area contributed by atoms with Crippen LogP contribution in [0.15, 0.2) is 24.3 Å². The van der Waals surface area contributed by atoms with E-state index < -0.39 is 12.0 Å². The van der Waals surface area contributed by atoms with Gasteiger partial charge in [0.15, 0.2) is 0 Å². The molecule has 1 aliphatic carbocycles. The summed E-state index contributed by atoms with van der Waals surface area (Å²) in [5.41, 5.74) is 0.570. The minimum atomic E-state index is -0.639. The molecule has 22 heavy (non-hydrogen) atoms. The van der Waals surface area contributed by atoms with E-state index in [4.69, 9.17) is 4.74 Å². The highest BCUT2D eigenvalue weighted by Crippen LogP contribution is 2.48. The van der Waals surface area contributed by atoms with Gasteiger partial charge in [0, 0.05) is 5.92 Å². The van der Waals surface area contributed by atoms with Gasteiger partial charge < -0.3 is 10.1 Å². The number of hydrogen-bond donors (Lipinski definition) is 1. The van der Waals surface area contributed by atoms with E-state index in [-0.39, 0.29) is 29.5 Å². The number of hydrogen-bond acceptors (Lipinski definition) is 3. The molecule has 5 heteroatoms. The highest BCUT2D eigenvalue weighted by molar-refractivity contribution is 5.88. The zero-order valence-electron chi connectivity index (χ0n) is 13.1. The minimum Gasteiger partial charge on any atom is -0.467 e. The summed E-state index contributed by atoms with van der Waals surface area (Å²) >= 11 is 0. The molecule has 0 aliphatic heterocycles. The van der Waals surface area contributed by atoms with Crippen LogP contribution in [0.4, 0.5) is 4.39 Å². The van der Waals surface area contributed by atoms with Gasteiger partial charge in [0.25, 0.3) is 0 Å². The molecule has 1 saturated carbocycles. The predicted molar refractivity (Wildman–Crippen MR) is 80.6 cm³/mol. The summed E-state index contributed by atoms with van der Waals surface area (Å²) in [6.45, 7) is 3.95. The Balaban J connectivity index is 1.98. The van der Waals surface area contributed by atoms with E-state index in [0.29, 0.717) is 18.4 Å². The largest absolute Gasteiger partial charge is 0.467 e. The Hall–Kier alpha value is -1.91. The van der Waals surface area contributed by atoms with Crippen LogP contribution in [0, 0.1) is 17.7 Å². The summed E-state index contributed by atoms with van der Waals surface area (Å²) in [4.78, 5) is 24.0. The van der Waals surface area contributed by atoms with E-state index in [0.717, 1.165) is 0 Å².